The summed E-state index contributed by atoms with van der Waals surface area (Å²) in [6, 6.07) is 3.71. The monoisotopic (exact) mass is 311 g/mol. The molecule has 0 aliphatic rings. The summed E-state index contributed by atoms with van der Waals surface area (Å²) in [5, 5.41) is 11.3. The lowest BCUT2D eigenvalue weighted by atomic mass is 10.2. The number of halogens is 1. The molecule has 21 heavy (non-hydrogen) atoms. The fraction of sp³-hybridized carbons (Fsp3) is 0.429. The van der Waals surface area contributed by atoms with E-state index >= 15 is 0 Å². The van der Waals surface area contributed by atoms with Crippen LogP contribution in [0.25, 0.3) is 0 Å². The van der Waals surface area contributed by atoms with Crippen LogP contribution in [0, 0.1) is 0 Å². The zero-order valence-electron chi connectivity index (χ0n) is 12.3. The van der Waals surface area contributed by atoms with E-state index in [1.165, 1.54) is 0 Å². The summed E-state index contributed by atoms with van der Waals surface area (Å²) in [5.41, 5.74) is 1.01. The summed E-state index contributed by atoms with van der Waals surface area (Å²) < 4.78 is 16.4. The zero-order valence-corrected chi connectivity index (χ0v) is 13.0. The summed E-state index contributed by atoms with van der Waals surface area (Å²) in [5.74, 6) is 2.03. The molecule has 0 unspecified atom stereocenters. The Labute approximate surface area is 128 Å². The van der Waals surface area contributed by atoms with Crippen LogP contribution in [0.2, 0.25) is 5.02 Å². The summed E-state index contributed by atoms with van der Waals surface area (Å²) in [6.07, 6.45) is 0.690. The van der Waals surface area contributed by atoms with E-state index in [1.54, 1.807) is 7.11 Å². The van der Waals surface area contributed by atoms with Crippen LogP contribution < -0.4 is 14.8 Å². The molecule has 1 aromatic heterocycles. The molecule has 2 rings (SSSR count). The number of ether oxygens (including phenoxy) is 2. The SMILES string of the molecule is CCc1nnc(COc2c(Cl)cc(CNC)cc2OC)o1. The van der Waals surface area contributed by atoms with Crippen molar-refractivity contribution in [2.24, 2.45) is 0 Å². The number of aromatic nitrogens is 2. The second kappa shape index (κ2) is 7.28. The lowest BCUT2D eigenvalue weighted by Crippen LogP contribution is -2.06. The molecule has 0 saturated carbocycles. The van der Waals surface area contributed by atoms with Crippen LogP contribution in [0.5, 0.6) is 11.5 Å². The van der Waals surface area contributed by atoms with Gasteiger partial charge < -0.3 is 19.2 Å². The summed E-state index contributed by atoms with van der Waals surface area (Å²) in [4.78, 5) is 0. The molecule has 1 N–H and O–H groups in total. The lowest BCUT2D eigenvalue weighted by Gasteiger charge is -2.13. The average molecular weight is 312 g/mol. The molecule has 2 aromatic rings. The van der Waals surface area contributed by atoms with Crippen LogP contribution in [0.1, 0.15) is 24.3 Å². The molecule has 1 heterocycles. The molecule has 0 spiro atoms. The number of benzene rings is 1. The Morgan fingerprint density at radius 1 is 1.29 bits per heavy atom. The molecule has 0 fully saturated rings. The first-order chi connectivity index (χ1) is 10.2. The van der Waals surface area contributed by atoms with Crippen molar-refractivity contribution in [1.82, 2.24) is 15.5 Å². The van der Waals surface area contributed by atoms with Gasteiger partial charge in [-0.1, -0.05) is 18.5 Å². The largest absolute Gasteiger partial charge is 0.493 e. The second-order valence-corrected chi connectivity index (χ2v) is 4.78. The minimum atomic E-state index is 0.147. The highest BCUT2D eigenvalue weighted by Crippen LogP contribution is 2.36. The number of methoxy groups -OCH3 is 1. The third-order valence-electron chi connectivity index (χ3n) is 2.82. The van der Waals surface area contributed by atoms with E-state index in [-0.39, 0.29) is 6.61 Å². The van der Waals surface area contributed by atoms with Gasteiger partial charge in [0.1, 0.15) is 0 Å². The van der Waals surface area contributed by atoms with E-state index in [9.17, 15) is 0 Å². The van der Waals surface area contributed by atoms with Crippen molar-refractivity contribution in [3.63, 3.8) is 0 Å². The van der Waals surface area contributed by atoms with Gasteiger partial charge in [-0.05, 0) is 24.7 Å². The highest BCUT2D eigenvalue weighted by atomic mass is 35.5. The van der Waals surface area contributed by atoms with Gasteiger partial charge in [-0.25, -0.2) is 0 Å². The van der Waals surface area contributed by atoms with Gasteiger partial charge in [0.05, 0.1) is 12.1 Å². The minimum Gasteiger partial charge on any atom is -0.493 e. The Morgan fingerprint density at radius 2 is 2.05 bits per heavy atom. The number of nitrogens with zero attached hydrogens (tertiary/aromatic N) is 2. The lowest BCUT2D eigenvalue weighted by molar-refractivity contribution is 0.247. The zero-order chi connectivity index (χ0) is 15.2. The van der Waals surface area contributed by atoms with Crippen LogP contribution in [-0.4, -0.2) is 24.4 Å². The first-order valence-corrected chi connectivity index (χ1v) is 7.00. The number of hydrogen-bond acceptors (Lipinski definition) is 6. The van der Waals surface area contributed by atoms with Gasteiger partial charge in [0, 0.05) is 13.0 Å². The van der Waals surface area contributed by atoms with Crippen molar-refractivity contribution in [2.45, 2.75) is 26.5 Å². The highest BCUT2D eigenvalue weighted by Gasteiger charge is 2.14. The topological polar surface area (TPSA) is 69.4 Å². The van der Waals surface area contributed by atoms with Crippen LogP contribution in [-0.2, 0) is 19.6 Å². The van der Waals surface area contributed by atoms with Crippen molar-refractivity contribution in [2.75, 3.05) is 14.2 Å². The highest BCUT2D eigenvalue weighted by molar-refractivity contribution is 6.32. The molecule has 0 amide bonds. The van der Waals surface area contributed by atoms with Crippen LogP contribution in [0.4, 0.5) is 0 Å². The molecule has 0 bridgehead atoms. The fourth-order valence-electron chi connectivity index (χ4n) is 1.84. The summed E-state index contributed by atoms with van der Waals surface area (Å²) in [6.45, 7) is 2.78. The van der Waals surface area contributed by atoms with Gasteiger partial charge in [-0.2, -0.15) is 0 Å². The number of aryl methyl sites for hydroxylation is 1. The normalized spacial score (nSPS) is 10.7. The molecule has 0 aliphatic heterocycles. The molecule has 1 aromatic carbocycles. The van der Waals surface area contributed by atoms with E-state index < -0.39 is 0 Å². The smallest absolute Gasteiger partial charge is 0.253 e. The average Bonchev–Trinajstić information content (AvgIpc) is 2.94. The standard InChI is InChI=1S/C14H18ClN3O3/c1-4-12-17-18-13(21-12)8-20-14-10(15)5-9(7-16-2)6-11(14)19-3/h5-6,16H,4,7-8H2,1-3H3. The maximum Gasteiger partial charge on any atom is 0.253 e. The Morgan fingerprint density at radius 3 is 2.67 bits per heavy atom. The Bertz CT molecular complexity index is 601. The third kappa shape index (κ3) is 3.86. The minimum absolute atomic E-state index is 0.147. The molecule has 114 valence electrons. The number of hydrogen-bond donors (Lipinski definition) is 1. The van der Waals surface area contributed by atoms with E-state index in [1.807, 2.05) is 26.1 Å². The third-order valence-corrected chi connectivity index (χ3v) is 3.10. The van der Waals surface area contributed by atoms with Crippen molar-refractivity contribution < 1.29 is 13.9 Å². The summed E-state index contributed by atoms with van der Waals surface area (Å²) in [7, 11) is 3.44. The molecule has 6 nitrogen and oxygen atoms in total. The first kappa shape index (κ1) is 15.6. The maximum atomic E-state index is 6.25. The van der Waals surface area contributed by atoms with Gasteiger partial charge in [0.2, 0.25) is 5.89 Å². The van der Waals surface area contributed by atoms with Crippen molar-refractivity contribution in [3.8, 4) is 11.5 Å². The molecular weight excluding hydrogens is 294 g/mol. The van der Waals surface area contributed by atoms with E-state index in [4.69, 9.17) is 25.5 Å². The van der Waals surface area contributed by atoms with Gasteiger partial charge in [0.25, 0.3) is 5.89 Å². The Balaban J connectivity index is 2.14. The van der Waals surface area contributed by atoms with Crippen molar-refractivity contribution in [1.29, 1.82) is 0 Å². The molecule has 0 saturated heterocycles. The fourth-order valence-corrected chi connectivity index (χ4v) is 2.13. The van der Waals surface area contributed by atoms with Gasteiger partial charge in [-0.3, -0.25) is 0 Å². The second-order valence-electron chi connectivity index (χ2n) is 4.37. The molecule has 0 radical (unpaired) electrons. The maximum absolute atomic E-state index is 6.25. The molecule has 0 aliphatic carbocycles. The van der Waals surface area contributed by atoms with Gasteiger partial charge in [-0.15, -0.1) is 10.2 Å². The number of rotatable bonds is 7. The first-order valence-electron chi connectivity index (χ1n) is 6.63. The van der Waals surface area contributed by atoms with Gasteiger partial charge in [0.15, 0.2) is 18.1 Å². The Kier molecular flexibility index (Phi) is 5.41. The summed E-state index contributed by atoms with van der Waals surface area (Å²) >= 11 is 6.25. The van der Waals surface area contributed by atoms with E-state index in [0.29, 0.717) is 41.3 Å². The van der Waals surface area contributed by atoms with Crippen molar-refractivity contribution in [3.05, 3.63) is 34.5 Å². The molecular formula is C14H18ClN3O3. The molecule has 0 atom stereocenters. The van der Waals surface area contributed by atoms with Crippen molar-refractivity contribution >= 4 is 11.6 Å². The molecule has 7 heteroatoms. The predicted molar refractivity (Wildman–Crippen MR) is 78.8 cm³/mol. The Hall–Kier alpha value is -1.79. The van der Waals surface area contributed by atoms with Crippen LogP contribution in [0.15, 0.2) is 16.5 Å². The van der Waals surface area contributed by atoms with E-state index in [0.717, 1.165) is 5.56 Å². The quantitative estimate of drug-likeness (QED) is 0.847. The van der Waals surface area contributed by atoms with Crippen LogP contribution in [0.3, 0.4) is 0 Å². The van der Waals surface area contributed by atoms with E-state index in [2.05, 4.69) is 15.5 Å². The van der Waals surface area contributed by atoms with Crippen LogP contribution >= 0.6 is 11.6 Å². The van der Waals surface area contributed by atoms with Gasteiger partial charge >= 0.3 is 0 Å². The predicted octanol–water partition coefficient (Wildman–Crippen LogP) is 2.59. The number of nitrogens with one attached hydrogen (secondary N) is 1.